The molecular formula is C11H14INO. The molecule has 0 fully saturated rings. The lowest BCUT2D eigenvalue weighted by atomic mass is 10.2. The number of alkyl halides is 1. The minimum absolute atomic E-state index is 0.0269. The van der Waals surface area contributed by atoms with Crippen molar-refractivity contribution in [1.29, 1.82) is 0 Å². The predicted octanol–water partition coefficient (Wildman–Crippen LogP) is 2.63. The zero-order valence-corrected chi connectivity index (χ0v) is 10.2. The van der Waals surface area contributed by atoms with Crippen LogP contribution in [0.5, 0.6) is 0 Å². The zero-order chi connectivity index (χ0) is 10.2. The van der Waals surface area contributed by atoms with E-state index in [0.717, 1.165) is 29.4 Å². The highest BCUT2D eigenvalue weighted by Crippen LogP contribution is 1.98. The fourth-order valence-corrected chi connectivity index (χ4v) is 1.65. The van der Waals surface area contributed by atoms with Crippen LogP contribution in [0.15, 0.2) is 30.3 Å². The highest BCUT2D eigenvalue weighted by Gasteiger charge is 2.01. The number of hydrogen-bond acceptors (Lipinski definition) is 1. The standard InChI is InChI=1S/C11H14INO/c12-8-4-5-9-13-11(14)10-6-2-1-3-7-10/h1-3,6-7H,4-5,8-9H2,(H,13,14). The van der Waals surface area contributed by atoms with E-state index in [2.05, 4.69) is 27.9 Å². The van der Waals surface area contributed by atoms with Crippen molar-refractivity contribution < 1.29 is 4.79 Å². The molecule has 76 valence electrons. The Bertz CT molecular complexity index is 274. The van der Waals surface area contributed by atoms with Crippen molar-refractivity contribution in [2.24, 2.45) is 0 Å². The average Bonchev–Trinajstić information content (AvgIpc) is 2.25. The number of halogens is 1. The Balaban J connectivity index is 2.29. The van der Waals surface area contributed by atoms with Gasteiger partial charge in [-0.25, -0.2) is 0 Å². The van der Waals surface area contributed by atoms with Gasteiger partial charge in [0.25, 0.3) is 5.91 Å². The SMILES string of the molecule is O=C(NCCCCI)c1ccccc1. The number of carbonyl (C=O) groups is 1. The maximum atomic E-state index is 11.5. The summed E-state index contributed by atoms with van der Waals surface area (Å²) in [5.74, 6) is 0.0269. The van der Waals surface area contributed by atoms with E-state index in [1.807, 2.05) is 30.3 Å². The first-order chi connectivity index (χ1) is 6.84. The first kappa shape index (κ1) is 11.5. The van der Waals surface area contributed by atoms with E-state index in [1.165, 1.54) is 0 Å². The van der Waals surface area contributed by atoms with E-state index in [0.29, 0.717) is 0 Å². The van der Waals surface area contributed by atoms with E-state index >= 15 is 0 Å². The van der Waals surface area contributed by atoms with Gasteiger partial charge >= 0.3 is 0 Å². The van der Waals surface area contributed by atoms with Crippen LogP contribution in [0.2, 0.25) is 0 Å². The third-order valence-electron chi connectivity index (χ3n) is 1.88. The molecule has 0 aliphatic carbocycles. The number of nitrogens with one attached hydrogen (secondary N) is 1. The first-order valence-corrected chi connectivity index (χ1v) is 6.26. The predicted molar refractivity (Wildman–Crippen MR) is 66.9 cm³/mol. The molecule has 0 radical (unpaired) electrons. The molecule has 1 aromatic carbocycles. The summed E-state index contributed by atoms with van der Waals surface area (Å²) in [6.45, 7) is 0.775. The molecule has 0 saturated carbocycles. The van der Waals surface area contributed by atoms with Gasteiger partial charge in [0.1, 0.15) is 0 Å². The number of amides is 1. The van der Waals surface area contributed by atoms with Gasteiger partial charge in [0.2, 0.25) is 0 Å². The van der Waals surface area contributed by atoms with Gasteiger partial charge in [-0.1, -0.05) is 40.8 Å². The average molecular weight is 303 g/mol. The molecule has 0 saturated heterocycles. The molecular weight excluding hydrogens is 289 g/mol. The Kier molecular flexibility index (Phi) is 5.59. The molecule has 0 bridgehead atoms. The van der Waals surface area contributed by atoms with Crippen LogP contribution >= 0.6 is 22.6 Å². The maximum Gasteiger partial charge on any atom is 0.251 e. The number of hydrogen-bond donors (Lipinski definition) is 1. The molecule has 0 unspecified atom stereocenters. The highest BCUT2D eigenvalue weighted by molar-refractivity contribution is 14.1. The lowest BCUT2D eigenvalue weighted by Crippen LogP contribution is -2.24. The molecule has 0 atom stereocenters. The Morgan fingerprint density at radius 1 is 1.21 bits per heavy atom. The Morgan fingerprint density at radius 3 is 2.57 bits per heavy atom. The smallest absolute Gasteiger partial charge is 0.251 e. The molecule has 14 heavy (non-hydrogen) atoms. The summed E-state index contributed by atoms with van der Waals surface area (Å²) >= 11 is 2.34. The second-order valence-corrected chi connectivity index (χ2v) is 4.10. The van der Waals surface area contributed by atoms with Crippen LogP contribution in [0.3, 0.4) is 0 Å². The van der Waals surface area contributed by atoms with Crippen LogP contribution < -0.4 is 5.32 Å². The fraction of sp³-hybridized carbons (Fsp3) is 0.364. The van der Waals surface area contributed by atoms with Crippen LogP contribution in [-0.2, 0) is 0 Å². The Morgan fingerprint density at radius 2 is 1.93 bits per heavy atom. The lowest BCUT2D eigenvalue weighted by molar-refractivity contribution is 0.0953. The third kappa shape index (κ3) is 4.09. The Hall–Kier alpha value is -0.580. The largest absolute Gasteiger partial charge is 0.352 e. The van der Waals surface area contributed by atoms with Crippen molar-refractivity contribution in [2.45, 2.75) is 12.8 Å². The van der Waals surface area contributed by atoms with E-state index in [-0.39, 0.29) is 5.91 Å². The number of carbonyl (C=O) groups excluding carboxylic acids is 1. The summed E-state index contributed by atoms with van der Waals surface area (Å²) in [6, 6.07) is 9.31. The van der Waals surface area contributed by atoms with Gasteiger partial charge in [-0.2, -0.15) is 0 Å². The Labute approximate surface area is 98.2 Å². The topological polar surface area (TPSA) is 29.1 Å². The molecule has 0 heterocycles. The normalized spacial score (nSPS) is 9.79. The summed E-state index contributed by atoms with van der Waals surface area (Å²) < 4.78 is 1.15. The molecule has 1 aromatic rings. The van der Waals surface area contributed by atoms with Crippen LogP contribution in [0, 0.1) is 0 Å². The summed E-state index contributed by atoms with van der Waals surface area (Å²) in [7, 11) is 0. The van der Waals surface area contributed by atoms with Gasteiger partial charge in [-0.3, -0.25) is 4.79 Å². The van der Waals surface area contributed by atoms with E-state index in [4.69, 9.17) is 0 Å². The second-order valence-electron chi connectivity index (χ2n) is 3.02. The van der Waals surface area contributed by atoms with Crippen molar-refractivity contribution >= 4 is 28.5 Å². The number of benzene rings is 1. The lowest BCUT2D eigenvalue weighted by Gasteiger charge is -2.03. The van der Waals surface area contributed by atoms with E-state index in [9.17, 15) is 4.79 Å². The van der Waals surface area contributed by atoms with Gasteiger partial charge in [0.05, 0.1) is 0 Å². The highest BCUT2D eigenvalue weighted by atomic mass is 127. The molecule has 3 heteroatoms. The van der Waals surface area contributed by atoms with Gasteiger partial charge in [-0.15, -0.1) is 0 Å². The van der Waals surface area contributed by atoms with Crippen molar-refractivity contribution in [2.75, 3.05) is 11.0 Å². The number of rotatable bonds is 5. The van der Waals surface area contributed by atoms with Crippen molar-refractivity contribution in [3.05, 3.63) is 35.9 Å². The zero-order valence-electron chi connectivity index (χ0n) is 8.00. The molecule has 1 amide bonds. The summed E-state index contributed by atoms with van der Waals surface area (Å²) in [6.07, 6.45) is 2.22. The van der Waals surface area contributed by atoms with E-state index < -0.39 is 0 Å². The third-order valence-corrected chi connectivity index (χ3v) is 2.64. The first-order valence-electron chi connectivity index (χ1n) is 4.74. The van der Waals surface area contributed by atoms with Crippen LogP contribution in [0.25, 0.3) is 0 Å². The van der Waals surface area contributed by atoms with Crippen LogP contribution in [0.1, 0.15) is 23.2 Å². The van der Waals surface area contributed by atoms with Crippen LogP contribution in [-0.4, -0.2) is 16.9 Å². The number of unbranched alkanes of at least 4 members (excludes halogenated alkanes) is 1. The van der Waals surface area contributed by atoms with E-state index in [1.54, 1.807) is 0 Å². The minimum Gasteiger partial charge on any atom is -0.352 e. The quantitative estimate of drug-likeness (QED) is 0.506. The van der Waals surface area contributed by atoms with Gasteiger partial charge in [-0.05, 0) is 29.4 Å². The molecule has 1 rings (SSSR count). The fourth-order valence-electron chi connectivity index (χ4n) is 1.11. The van der Waals surface area contributed by atoms with Gasteiger partial charge < -0.3 is 5.32 Å². The molecule has 0 spiro atoms. The van der Waals surface area contributed by atoms with Crippen molar-refractivity contribution in [1.82, 2.24) is 5.32 Å². The maximum absolute atomic E-state index is 11.5. The summed E-state index contributed by atoms with van der Waals surface area (Å²) in [4.78, 5) is 11.5. The summed E-state index contributed by atoms with van der Waals surface area (Å²) in [5, 5.41) is 2.89. The molecule has 2 nitrogen and oxygen atoms in total. The molecule has 1 N–H and O–H groups in total. The van der Waals surface area contributed by atoms with Crippen molar-refractivity contribution in [3.63, 3.8) is 0 Å². The molecule has 0 aromatic heterocycles. The van der Waals surface area contributed by atoms with Gasteiger partial charge in [0, 0.05) is 12.1 Å². The second kappa shape index (κ2) is 6.81. The molecule has 0 aliphatic rings. The molecule has 0 aliphatic heterocycles. The minimum atomic E-state index is 0.0269. The van der Waals surface area contributed by atoms with Gasteiger partial charge in [0.15, 0.2) is 0 Å². The van der Waals surface area contributed by atoms with Crippen LogP contribution in [0.4, 0.5) is 0 Å². The summed E-state index contributed by atoms with van der Waals surface area (Å²) in [5.41, 5.74) is 0.738. The monoisotopic (exact) mass is 303 g/mol. The van der Waals surface area contributed by atoms with Crippen molar-refractivity contribution in [3.8, 4) is 0 Å².